The number of carboxylic acids is 1. The quantitative estimate of drug-likeness (QED) is 0.0495. The molecule has 0 radical (unpaired) electrons. The summed E-state index contributed by atoms with van der Waals surface area (Å²) in [5.41, 5.74) is 5.25. The van der Waals surface area contributed by atoms with E-state index in [1.807, 2.05) is 6.92 Å². The van der Waals surface area contributed by atoms with Gasteiger partial charge in [0.1, 0.15) is 12.6 Å². The summed E-state index contributed by atoms with van der Waals surface area (Å²) < 4.78 is 32.0. The van der Waals surface area contributed by atoms with E-state index in [9.17, 15) is 23.8 Å². The Hall–Kier alpha value is -2.04. The molecule has 0 aromatic carbocycles. The number of hydrogen-bond acceptors (Lipinski definition) is 9. The molecule has 0 aromatic rings. The zero-order chi connectivity index (χ0) is 30.1. The lowest BCUT2D eigenvalue weighted by Gasteiger charge is -2.20. The summed E-state index contributed by atoms with van der Waals surface area (Å²) in [5, 5.41) is 8.76. The highest BCUT2D eigenvalue weighted by atomic mass is 31.2. The number of phosphoric ester groups is 1. The van der Waals surface area contributed by atoms with Crippen LogP contribution < -0.4 is 5.73 Å². The third-order valence-corrected chi connectivity index (χ3v) is 6.63. The number of rotatable bonds is 26. The van der Waals surface area contributed by atoms with Crippen LogP contribution in [-0.2, 0) is 37.5 Å². The Morgan fingerprint density at radius 2 is 1.38 bits per heavy atom. The molecule has 0 aliphatic heterocycles. The molecule has 4 N–H and O–H groups in total. The predicted molar refractivity (Wildman–Crippen MR) is 152 cm³/mol. The molecule has 0 aliphatic rings. The van der Waals surface area contributed by atoms with Crippen molar-refractivity contribution < 1.29 is 47.5 Å². The molecule has 0 aliphatic carbocycles. The fourth-order valence-electron chi connectivity index (χ4n) is 3.33. The van der Waals surface area contributed by atoms with Crippen LogP contribution in [0, 0.1) is 0 Å². The van der Waals surface area contributed by atoms with E-state index in [2.05, 4.69) is 35.8 Å². The molecule has 40 heavy (non-hydrogen) atoms. The molecule has 12 heteroatoms. The molecule has 0 bridgehead atoms. The van der Waals surface area contributed by atoms with E-state index in [-0.39, 0.29) is 19.4 Å². The number of allylic oxidation sites excluding steroid dienone is 4. The predicted octanol–water partition coefficient (Wildman–Crippen LogP) is 5.60. The highest BCUT2D eigenvalue weighted by Gasteiger charge is 2.28. The van der Waals surface area contributed by atoms with E-state index in [4.69, 9.17) is 24.8 Å². The van der Waals surface area contributed by atoms with Gasteiger partial charge in [0.2, 0.25) is 0 Å². The van der Waals surface area contributed by atoms with Gasteiger partial charge >= 0.3 is 25.7 Å². The standard InChI is InChI=1S/C28H50NO10P/c1-3-5-7-8-9-10-11-12-13-14-15-16-18-20-27(31)39-24(21-36-26(30)19-17-6-4-2)22-37-40(34,35)38-23-25(29)28(32)33/h7-8,10-11,24-25H,3-6,9,12-23,29H2,1-2H3,(H,32,33)(H,34,35)/b8-7-,11-10-. The van der Waals surface area contributed by atoms with Gasteiger partial charge in [0.25, 0.3) is 0 Å². The molecule has 0 spiro atoms. The number of phosphoric acid groups is 1. The van der Waals surface area contributed by atoms with Crippen molar-refractivity contribution in [2.24, 2.45) is 5.73 Å². The average Bonchev–Trinajstić information content (AvgIpc) is 2.91. The van der Waals surface area contributed by atoms with E-state index >= 15 is 0 Å². The molecule has 232 valence electrons. The van der Waals surface area contributed by atoms with Crippen LogP contribution in [0.5, 0.6) is 0 Å². The van der Waals surface area contributed by atoms with Gasteiger partial charge in [-0.1, -0.05) is 76.7 Å². The highest BCUT2D eigenvalue weighted by molar-refractivity contribution is 7.47. The average molecular weight is 592 g/mol. The molecule has 0 saturated carbocycles. The lowest BCUT2D eigenvalue weighted by molar-refractivity contribution is -0.161. The monoisotopic (exact) mass is 591 g/mol. The van der Waals surface area contributed by atoms with Crippen LogP contribution in [0.1, 0.15) is 104 Å². The van der Waals surface area contributed by atoms with Crippen LogP contribution in [0.4, 0.5) is 0 Å². The molecule has 0 rings (SSSR count). The summed E-state index contributed by atoms with van der Waals surface area (Å²) in [6.45, 7) is 2.46. The van der Waals surface area contributed by atoms with Crippen molar-refractivity contribution >= 4 is 25.7 Å². The SMILES string of the molecule is CCC/C=C\C/C=C\CCCCCCCC(=O)OC(COC(=O)CCCCC)COP(=O)(O)OCC(N)C(=O)O. The molecule has 0 fully saturated rings. The second-order valence-electron chi connectivity index (χ2n) is 9.53. The molecule has 0 aromatic heterocycles. The van der Waals surface area contributed by atoms with Crippen LogP contribution >= 0.6 is 7.82 Å². The van der Waals surface area contributed by atoms with Crippen molar-refractivity contribution in [2.75, 3.05) is 19.8 Å². The third kappa shape index (κ3) is 23.8. The number of nitrogens with two attached hydrogens (primary N) is 1. The van der Waals surface area contributed by atoms with Gasteiger partial charge in [-0.15, -0.1) is 0 Å². The number of carboxylic acid groups (broad SMARTS) is 1. The lowest BCUT2D eigenvalue weighted by Crippen LogP contribution is -2.34. The summed E-state index contributed by atoms with van der Waals surface area (Å²) in [6, 6.07) is -1.52. The Bertz CT molecular complexity index is 802. The molecule has 3 unspecified atom stereocenters. The largest absolute Gasteiger partial charge is 0.480 e. The summed E-state index contributed by atoms with van der Waals surface area (Å²) in [6.07, 6.45) is 19.3. The topological polar surface area (TPSA) is 172 Å². The van der Waals surface area contributed by atoms with Gasteiger partial charge in [-0.3, -0.25) is 23.4 Å². The molecule has 0 heterocycles. The first-order valence-electron chi connectivity index (χ1n) is 14.4. The van der Waals surface area contributed by atoms with Gasteiger partial charge in [-0.05, 0) is 38.5 Å². The Morgan fingerprint density at radius 1 is 0.775 bits per heavy atom. The summed E-state index contributed by atoms with van der Waals surface area (Å²) in [5.74, 6) is -2.44. The van der Waals surface area contributed by atoms with Gasteiger partial charge < -0.3 is 25.2 Å². The molecule has 0 amide bonds. The number of carbonyl (C=O) groups is 3. The fourth-order valence-corrected chi connectivity index (χ4v) is 4.11. The van der Waals surface area contributed by atoms with Crippen LogP contribution in [0.3, 0.4) is 0 Å². The molecular weight excluding hydrogens is 541 g/mol. The van der Waals surface area contributed by atoms with Crippen molar-refractivity contribution in [3.63, 3.8) is 0 Å². The Morgan fingerprint density at radius 3 is 2.05 bits per heavy atom. The maximum Gasteiger partial charge on any atom is 0.472 e. The third-order valence-electron chi connectivity index (χ3n) is 5.68. The summed E-state index contributed by atoms with van der Waals surface area (Å²) in [4.78, 5) is 44.8. The van der Waals surface area contributed by atoms with E-state index in [1.54, 1.807) is 0 Å². The van der Waals surface area contributed by atoms with Gasteiger partial charge in [0.05, 0.1) is 13.2 Å². The smallest absolute Gasteiger partial charge is 0.472 e. The number of esters is 2. The van der Waals surface area contributed by atoms with E-state index in [0.29, 0.717) is 12.8 Å². The van der Waals surface area contributed by atoms with E-state index < -0.39 is 51.1 Å². The maximum absolute atomic E-state index is 12.3. The first-order valence-corrected chi connectivity index (χ1v) is 15.9. The van der Waals surface area contributed by atoms with Gasteiger partial charge in [0, 0.05) is 12.8 Å². The van der Waals surface area contributed by atoms with Gasteiger partial charge in [-0.25, -0.2) is 4.57 Å². The number of aliphatic carboxylic acids is 1. The number of hydrogen-bond donors (Lipinski definition) is 3. The van der Waals surface area contributed by atoms with Crippen LogP contribution in [0.25, 0.3) is 0 Å². The first-order chi connectivity index (χ1) is 19.1. The Labute approximate surface area is 239 Å². The number of unbranched alkanes of at least 4 members (excludes halogenated alkanes) is 8. The minimum Gasteiger partial charge on any atom is -0.480 e. The first kappa shape index (κ1) is 38.0. The molecule has 3 atom stereocenters. The van der Waals surface area contributed by atoms with Gasteiger partial charge in [-0.2, -0.15) is 0 Å². The maximum atomic E-state index is 12.3. The zero-order valence-corrected chi connectivity index (χ0v) is 25.1. The van der Waals surface area contributed by atoms with E-state index in [0.717, 1.165) is 64.2 Å². The summed E-state index contributed by atoms with van der Waals surface area (Å²) in [7, 11) is -4.69. The van der Waals surface area contributed by atoms with Crippen molar-refractivity contribution in [3.05, 3.63) is 24.3 Å². The number of ether oxygens (including phenoxy) is 2. The summed E-state index contributed by atoms with van der Waals surface area (Å²) >= 11 is 0. The zero-order valence-electron chi connectivity index (χ0n) is 24.2. The Balaban J connectivity index is 4.47. The molecule has 0 saturated heterocycles. The van der Waals surface area contributed by atoms with Crippen molar-refractivity contribution in [2.45, 2.75) is 116 Å². The Kier molecular flexibility index (Phi) is 23.5. The van der Waals surface area contributed by atoms with Crippen LogP contribution in [0.2, 0.25) is 0 Å². The molecular formula is C28H50NO10P. The second-order valence-corrected chi connectivity index (χ2v) is 11.0. The lowest BCUT2D eigenvalue weighted by atomic mass is 10.1. The number of carbonyl (C=O) groups excluding carboxylic acids is 2. The fraction of sp³-hybridized carbons (Fsp3) is 0.750. The highest BCUT2D eigenvalue weighted by Crippen LogP contribution is 2.43. The van der Waals surface area contributed by atoms with Crippen molar-refractivity contribution in [3.8, 4) is 0 Å². The van der Waals surface area contributed by atoms with Gasteiger partial charge in [0.15, 0.2) is 6.10 Å². The second kappa shape index (κ2) is 24.7. The van der Waals surface area contributed by atoms with Crippen LogP contribution in [0.15, 0.2) is 24.3 Å². The van der Waals surface area contributed by atoms with Crippen molar-refractivity contribution in [1.82, 2.24) is 0 Å². The van der Waals surface area contributed by atoms with E-state index in [1.165, 1.54) is 0 Å². The van der Waals surface area contributed by atoms with Crippen molar-refractivity contribution in [1.29, 1.82) is 0 Å². The minimum atomic E-state index is -4.69. The van der Waals surface area contributed by atoms with Crippen LogP contribution in [-0.4, -0.2) is 59.9 Å². The minimum absolute atomic E-state index is 0.145. The normalized spacial score (nSPS) is 14.7. The molecule has 11 nitrogen and oxygen atoms in total.